The summed E-state index contributed by atoms with van der Waals surface area (Å²) in [6.45, 7) is 18.8. The molecule has 0 unspecified atom stereocenters. The zero-order valence-corrected chi connectivity index (χ0v) is 22.1. The predicted octanol–water partition coefficient (Wildman–Crippen LogP) is 0.467. The molecule has 0 spiro atoms. The van der Waals surface area contributed by atoms with Crippen molar-refractivity contribution in [2.45, 2.75) is 79.1 Å². The first-order chi connectivity index (χ1) is 11.7. The normalized spacial score (nSPS) is 11.4. The molecule has 0 aliphatic rings. The fourth-order valence-electron chi connectivity index (χ4n) is 3.58. The van der Waals surface area contributed by atoms with E-state index in [1.165, 1.54) is 0 Å². The van der Waals surface area contributed by atoms with Crippen molar-refractivity contribution in [2.75, 3.05) is 0 Å². The molecule has 29 heavy (non-hydrogen) atoms. The van der Waals surface area contributed by atoms with Gasteiger partial charge in [-0.2, -0.15) is 0 Å². The molecule has 2 rings (SSSR count). The minimum Gasteiger partial charge on any atom is -1.00 e. The third-order valence-electron chi connectivity index (χ3n) is 5.12. The molecule has 2 N–H and O–H groups in total. The molecular formula is C24H34Cl2O2Ti. The van der Waals surface area contributed by atoms with E-state index < -0.39 is 0 Å². The van der Waals surface area contributed by atoms with Gasteiger partial charge in [0.2, 0.25) is 0 Å². The Balaban J connectivity index is 0. The van der Waals surface area contributed by atoms with Crippen LogP contribution in [0.15, 0.2) is 24.3 Å². The van der Waals surface area contributed by atoms with Crippen LogP contribution in [0.1, 0.15) is 87.8 Å². The molecule has 2 aromatic carbocycles. The molecule has 0 bridgehead atoms. The second-order valence-electron chi connectivity index (χ2n) is 9.72. The van der Waals surface area contributed by atoms with Crippen molar-refractivity contribution in [3.8, 4) is 11.5 Å². The van der Waals surface area contributed by atoms with Gasteiger partial charge < -0.3 is 35.0 Å². The summed E-state index contributed by atoms with van der Waals surface area (Å²) >= 11 is 0. The van der Waals surface area contributed by atoms with Crippen LogP contribution in [-0.4, -0.2) is 10.2 Å². The van der Waals surface area contributed by atoms with Crippen molar-refractivity contribution < 1.29 is 56.7 Å². The minimum absolute atomic E-state index is 0. The summed E-state index contributed by atoms with van der Waals surface area (Å²) < 4.78 is 0. The summed E-state index contributed by atoms with van der Waals surface area (Å²) in [6, 6.07) is 8.19. The minimum atomic E-state index is -0.143. The molecular weight excluding hydrogens is 439 g/mol. The number of hydrogen-bond donors (Lipinski definition) is 2. The second kappa shape index (κ2) is 10.6. The molecule has 0 amide bonds. The van der Waals surface area contributed by atoms with Crippen molar-refractivity contribution >= 4 is 0 Å². The smallest absolute Gasteiger partial charge is 1.00 e. The van der Waals surface area contributed by atoms with Gasteiger partial charge >= 0.3 is 21.7 Å². The Bertz CT molecular complexity index is 765. The molecule has 0 aliphatic carbocycles. The Morgan fingerprint density at radius 1 is 0.655 bits per heavy atom. The first kappa shape index (κ1) is 30.5. The quantitative estimate of drug-likeness (QED) is 0.623. The first-order valence-corrected chi connectivity index (χ1v) is 9.41. The Labute approximate surface area is 204 Å². The zero-order valence-electron chi connectivity index (χ0n) is 19.0. The van der Waals surface area contributed by atoms with E-state index in [2.05, 4.69) is 74.4 Å². The number of aromatic hydroxyl groups is 2. The van der Waals surface area contributed by atoms with Gasteiger partial charge in [0.25, 0.3) is 0 Å². The van der Waals surface area contributed by atoms with Gasteiger partial charge in [-0.05, 0) is 35.8 Å². The summed E-state index contributed by atoms with van der Waals surface area (Å²) in [6.07, 6.45) is 0. The molecule has 5 heteroatoms. The van der Waals surface area contributed by atoms with Crippen LogP contribution in [0.25, 0.3) is 0 Å². The molecule has 0 heterocycles. The molecule has 160 valence electrons. The van der Waals surface area contributed by atoms with E-state index in [9.17, 15) is 10.2 Å². The van der Waals surface area contributed by atoms with Gasteiger partial charge in [0.1, 0.15) is 11.5 Å². The van der Waals surface area contributed by atoms with E-state index in [0.29, 0.717) is 11.5 Å². The number of halogens is 2. The van der Waals surface area contributed by atoms with Crippen LogP contribution in [0.4, 0.5) is 0 Å². The Morgan fingerprint density at radius 2 is 0.931 bits per heavy atom. The monoisotopic (exact) mass is 472 g/mol. The van der Waals surface area contributed by atoms with E-state index in [4.69, 9.17) is 0 Å². The van der Waals surface area contributed by atoms with Crippen molar-refractivity contribution in [1.29, 1.82) is 0 Å². The largest absolute Gasteiger partial charge is 2.00 e. The molecule has 2 aromatic rings. The van der Waals surface area contributed by atoms with Crippen LogP contribution in [0.2, 0.25) is 0 Å². The molecule has 0 saturated carbocycles. The van der Waals surface area contributed by atoms with Crippen LogP contribution in [0.5, 0.6) is 11.5 Å². The maximum atomic E-state index is 11.0. The molecule has 2 nitrogen and oxygen atoms in total. The molecule has 0 saturated heterocycles. The third kappa shape index (κ3) is 6.66. The van der Waals surface area contributed by atoms with Gasteiger partial charge in [-0.3, -0.25) is 0 Å². The third-order valence-corrected chi connectivity index (χ3v) is 5.12. The number of rotatable bonds is 2. The van der Waals surface area contributed by atoms with Crippen LogP contribution in [0.3, 0.4) is 0 Å². The van der Waals surface area contributed by atoms with Gasteiger partial charge in [0, 0.05) is 17.0 Å². The standard InChI is InChI=1S/C24H34O2.2ClH.Ti/c1-14-10-17(21(25)19(12-14)23(4,5)6)16(3)18-11-15(2)13-20(22(18)26)24(7,8)9;;;/h10-13,16,25-26H,1-9H3;2*1H;/q;;;+2/p-2. The van der Waals surface area contributed by atoms with Crippen LogP contribution >= 0.6 is 0 Å². The van der Waals surface area contributed by atoms with E-state index in [1.54, 1.807) is 0 Å². The predicted molar refractivity (Wildman–Crippen MR) is 111 cm³/mol. The number of phenols is 2. The van der Waals surface area contributed by atoms with E-state index in [1.807, 2.05) is 12.1 Å². The van der Waals surface area contributed by atoms with Gasteiger partial charge in [0.15, 0.2) is 0 Å². The number of hydrogen-bond acceptors (Lipinski definition) is 2. The number of phenolic OH excluding ortho intramolecular Hbond substituents is 2. The average molecular weight is 473 g/mol. The van der Waals surface area contributed by atoms with Crippen molar-refractivity contribution in [3.05, 3.63) is 57.6 Å². The fourth-order valence-corrected chi connectivity index (χ4v) is 3.58. The SMILES string of the molecule is Cc1cc(C(C)c2cc(C)cc(C(C)(C)C)c2O)c(O)c(C(C)(C)C)c1.[Cl-].[Cl-].[Ti+2]. The zero-order chi connectivity index (χ0) is 20.0. The molecule has 0 fully saturated rings. The topological polar surface area (TPSA) is 40.5 Å². The average Bonchev–Trinajstić information content (AvgIpc) is 2.48. The van der Waals surface area contributed by atoms with E-state index in [0.717, 1.165) is 33.4 Å². The van der Waals surface area contributed by atoms with Crippen molar-refractivity contribution in [2.24, 2.45) is 0 Å². The van der Waals surface area contributed by atoms with E-state index in [-0.39, 0.29) is 63.3 Å². The number of benzene rings is 2. The van der Waals surface area contributed by atoms with Gasteiger partial charge in [-0.15, -0.1) is 0 Å². The summed E-state index contributed by atoms with van der Waals surface area (Å²) in [5.74, 6) is 0.583. The Kier molecular flexibility index (Phi) is 11.1. The van der Waals surface area contributed by atoms with Crippen molar-refractivity contribution in [3.63, 3.8) is 0 Å². The van der Waals surface area contributed by atoms with Crippen LogP contribution < -0.4 is 24.8 Å². The van der Waals surface area contributed by atoms with Gasteiger partial charge in [-0.25, -0.2) is 0 Å². The first-order valence-electron chi connectivity index (χ1n) is 9.41. The maximum absolute atomic E-state index is 11.0. The molecule has 0 aliphatic heterocycles. The summed E-state index contributed by atoms with van der Waals surface area (Å²) in [5, 5.41) is 22.0. The fraction of sp³-hybridized carbons (Fsp3) is 0.500. The van der Waals surface area contributed by atoms with Crippen LogP contribution in [-0.2, 0) is 32.5 Å². The van der Waals surface area contributed by atoms with E-state index >= 15 is 0 Å². The summed E-state index contributed by atoms with van der Waals surface area (Å²) in [7, 11) is 0. The Hall–Kier alpha value is -0.666. The molecule has 0 aromatic heterocycles. The van der Waals surface area contributed by atoms with Crippen LogP contribution in [0, 0.1) is 13.8 Å². The summed E-state index contributed by atoms with van der Waals surface area (Å²) in [4.78, 5) is 0. The molecule has 0 atom stereocenters. The maximum Gasteiger partial charge on any atom is 2.00 e. The van der Waals surface area contributed by atoms with Crippen molar-refractivity contribution in [1.82, 2.24) is 0 Å². The summed E-state index contributed by atoms with van der Waals surface area (Å²) in [5.41, 5.74) is 5.60. The number of aryl methyl sites for hydroxylation is 2. The molecule has 0 radical (unpaired) electrons. The van der Waals surface area contributed by atoms with Gasteiger partial charge in [0.05, 0.1) is 0 Å². The van der Waals surface area contributed by atoms with Gasteiger partial charge in [-0.1, -0.05) is 83.9 Å². The second-order valence-corrected chi connectivity index (χ2v) is 9.72. The Morgan fingerprint density at radius 3 is 1.17 bits per heavy atom.